The van der Waals surface area contributed by atoms with Gasteiger partial charge in [-0.25, -0.2) is 8.78 Å². The Kier molecular flexibility index (Phi) is 3.71. The molecule has 17 heavy (non-hydrogen) atoms. The largest absolute Gasteiger partial charge is 0.418 e. The van der Waals surface area contributed by atoms with Crippen LogP contribution in [-0.2, 0) is 12.6 Å². The van der Waals surface area contributed by atoms with E-state index in [0.29, 0.717) is 0 Å². The molecule has 0 aliphatic rings. The van der Waals surface area contributed by atoms with Crippen LogP contribution < -0.4 is 5.73 Å². The number of aromatic nitrogens is 1. The van der Waals surface area contributed by atoms with Gasteiger partial charge in [-0.05, 0) is 19.1 Å². The maximum Gasteiger partial charge on any atom is 0.418 e. The topological polar surface area (TPSA) is 38.9 Å². The zero-order chi connectivity index (χ0) is 13.3. The molecule has 0 saturated carbocycles. The number of nitrogens with zero attached hydrogens (tertiary/aromatic N) is 1. The Balaban J connectivity index is 3.08. The summed E-state index contributed by atoms with van der Waals surface area (Å²) in [6, 6.07) is 1.90. The second kappa shape index (κ2) is 4.56. The second-order valence-corrected chi connectivity index (χ2v) is 3.98. The molecule has 1 heterocycles. The summed E-state index contributed by atoms with van der Waals surface area (Å²) in [5.41, 5.74) is 1.72. The van der Waals surface area contributed by atoms with Gasteiger partial charge in [0.2, 0.25) is 0 Å². The van der Waals surface area contributed by atoms with Crippen molar-refractivity contribution in [1.82, 2.24) is 4.98 Å². The quantitative estimate of drug-likeness (QED) is 0.842. The molecule has 1 rings (SSSR count). The molecule has 0 amide bonds. The van der Waals surface area contributed by atoms with Gasteiger partial charge in [-0.1, -0.05) is 0 Å². The van der Waals surface area contributed by atoms with Gasteiger partial charge < -0.3 is 5.73 Å². The normalized spacial score (nSPS) is 16.0. The van der Waals surface area contributed by atoms with Gasteiger partial charge in [-0.15, -0.1) is 0 Å². The smallest absolute Gasteiger partial charge is 0.320 e. The average molecular weight is 254 g/mol. The lowest BCUT2D eigenvalue weighted by Crippen LogP contribution is -2.46. The Labute approximate surface area is 94.6 Å². The molecule has 96 valence electrons. The molecular weight excluding hydrogens is 243 g/mol. The number of nitrogens with two attached hydrogens (primary N) is 1. The third-order valence-electron chi connectivity index (χ3n) is 2.24. The first kappa shape index (κ1) is 13.8. The fraction of sp³-hybridized carbons (Fsp3) is 0.500. The summed E-state index contributed by atoms with van der Waals surface area (Å²) in [6.07, 6.45) is -7.07. The molecule has 2 N–H and O–H groups in total. The Hall–Kier alpha value is -1.24. The molecule has 0 aromatic carbocycles. The van der Waals surface area contributed by atoms with Gasteiger partial charge in [0.15, 0.2) is 0 Å². The lowest BCUT2D eigenvalue weighted by molar-refractivity contribution is -0.138. The summed E-state index contributed by atoms with van der Waals surface area (Å²) in [5.74, 6) is 0. The summed E-state index contributed by atoms with van der Waals surface area (Å²) in [6.45, 7) is 0.993. The van der Waals surface area contributed by atoms with Crippen molar-refractivity contribution in [2.75, 3.05) is 0 Å². The lowest BCUT2D eigenvalue weighted by atomic mass is 9.95. The molecule has 0 spiro atoms. The van der Waals surface area contributed by atoms with E-state index in [9.17, 15) is 22.0 Å². The molecule has 1 unspecified atom stereocenters. The molecule has 1 aromatic heterocycles. The summed E-state index contributed by atoms with van der Waals surface area (Å²) in [5, 5.41) is 0. The predicted octanol–water partition coefficient (Wildman–Crippen LogP) is 2.63. The molecule has 0 fully saturated rings. The lowest BCUT2D eigenvalue weighted by Gasteiger charge is -2.24. The minimum Gasteiger partial charge on any atom is -0.320 e. The van der Waals surface area contributed by atoms with E-state index in [0.717, 1.165) is 25.3 Å². The summed E-state index contributed by atoms with van der Waals surface area (Å²) in [4.78, 5) is 3.48. The van der Waals surface area contributed by atoms with Gasteiger partial charge in [-0.3, -0.25) is 4.98 Å². The molecule has 2 nitrogen and oxygen atoms in total. The van der Waals surface area contributed by atoms with E-state index in [1.807, 2.05) is 0 Å². The number of halogens is 5. The van der Waals surface area contributed by atoms with Crippen LogP contribution in [0.3, 0.4) is 0 Å². The molecule has 7 heteroatoms. The van der Waals surface area contributed by atoms with E-state index in [1.165, 1.54) is 0 Å². The predicted molar refractivity (Wildman–Crippen MR) is 51.5 cm³/mol. The molecule has 1 atom stereocenters. The Morgan fingerprint density at radius 2 is 1.94 bits per heavy atom. The van der Waals surface area contributed by atoms with Gasteiger partial charge in [-0.2, -0.15) is 13.2 Å². The van der Waals surface area contributed by atoms with Crippen LogP contribution in [0.15, 0.2) is 18.3 Å². The van der Waals surface area contributed by atoms with Crippen molar-refractivity contribution < 1.29 is 22.0 Å². The third kappa shape index (κ3) is 3.36. The van der Waals surface area contributed by atoms with E-state index < -0.39 is 35.8 Å². The standard InChI is InChI=1S/C10H11F5N2/c1-9(16,8(11)12)5-7-6(10(13,14)15)3-2-4-17-7/h2-4,8H,5,16H2,1H3. The third-order valence-corrected chi connectivity index (χ3v) is 2.24. The van der Waals surface area contributed by atoms with E-state index in [4.69, 9.17) is 5.73 Å². The van der Waals surface area contributed by atoms with Crippen LogP contribution in [0.4, 0.5) is 22.0 Å². The average Bonchev–Trinajstić information content (AvgIpc) is 2.15. The SMILES string of the molecule is CC(N)(Cc1ncccc1C(F)(F)F)C(F)F. The molecular formula is C10H11F5N2. The highest BCUT2D eigenvalue weighted by atomic mass is 19.4. The van der Waals surface area contributed by atoms with Crippen molar-refractivity contribution in [1.29, 1.82) is 0 Å². The van der Waals surface area contributed by atoms with Gasteiger partial charge in [0.1, 0.15) is 0 Å². The second-order valence-electron chi connectivity index (χ2n) is 3.98. The van der Waals surface area contributed by atoms with E-state index in [2.05, 4.69) is 4.98 Å². The van der Waals surface area contributed by atoms with Crippen LogP contribution in [0.5, 0.6) is 0 Å². The van der Waals surface area contributed by atoms with Crippen LogP contribution in [0, 0.1) is 0 Å². The first-order valence-electron chi connectivity index (χ1n) is 4.72. The van der Waals surface area contributed by atoms with Gasteiger partial charge in [0, 0.05) is 12.6 Å². The van der Waals surface area contributed by atoms with Crippen LogP contribution in [0.25, 0.3) is 0 Å². The van der Waals surface area contributed by atoms with Crippen LogP contribution in [0.1, 0.15) is 18.2 Å². The van der Waals surface area contributed by atoms with Gasteiger partial charge in [0.05, 0.1) is 16.8 Å². The molecule has 0 bridgehead atoms. The molecule has 0 radical (unpaired) electrons. The zero-order valence-corrected chi connectivity index (χ0v) is 8.93. The number of hydrogen-bond donors (Lipinski definition) is 1. The van der Waals surface area contributed by atoms with Crippen LogP contribution >= 0.6 is 0 Å². The van der Waals surface area contributed by atoms with Crippen molar-refractivity contribution in [3.63, 3.8) is 0 Å². The first-order valence-corrected chi connectivity index (χ1v) is 4.72. The highest BCUT2D eigenvalue weighted by molar-refractivity contribution is 5.24. The van der Waals surface area contributed by atoms with Crippen molar-refractivity contribution in [2.24, 2.45) is 5.73 Å². The molecule has 0 saturated heterocycles. The highest BCUT2D eigenvalue weighted by Gasteiger charge is 2.38. The van der Waals surface area contributed by atoms with Crippen molar-refractivity contribution >= 4 is 0 Å². The summed E-state index contributed by atoms with van der Waals surface area (Å²) < 4.78 is 62.7. The van der Waals surface area contributed by atoms with Crippen LogP contribution in [0.2, 0.25) is 0 Å². The number of rotatable bonds is 3. The molecule has 0 aliphatic heterocycles. The Bertz CT molecular complexity index is 387. The van der Waals surface area contributed by atoms with Gasteiger partial charge in [0.25, 0.3) is 6.43 Å². The monoisotopic (exact) mass is 254 g/mol. The van der Waals surface area contributed by atoms with Crippen molar-refractivity contribution in [3.8, 4) is 0 Å². The maximum atomic E-state index is 12.6. The van der Waals surface area contributed by atoms with E-state index in [-0.39, 0.29) is 0 Å². The van der Waals surface area contributed by atoms with Crippen LogP contribution in [-0.4, -0.2) is 16.9 Å². The summed E-state index contributed by atoms with van der Waals surface area (Å²) >= 11 is 0. The highest BCUT2D eigenvalue weighted by Crippen LogP contribution is 2.32. The fourth-order valence-corrected chi connectivity index (χ4v) is 1.27. The maximum absolute atomic E-state index is 12.6. The van der Waals surface area contributed by atoms with E-state index >= 15 is 0 Å². The van der Waals surface area contributed by atoms with Gasteiger partial charge >= 0.3 is 6.18 Å². The number of alkyl halides is 5. The summed E-state index contributed by atoms with van der Waals surface area (Å²) in [7, 11) is 0. The zero-order valence-electron chi connectivity index (χ0n) is 8.93. The fourth-order valence-electron chi connectivity index (χ4n) is 1.27. The minimum atomic E-state index is -4.62. The molecule has 1 aromatic rings. The number of hydrogen-bond acceptors (Lipinski definition) is 2. The van der Waals surface area contributed by atoms with Crippen molar-refractivity contribution in [3.05, 3.63) is 29.6 Å². The Morgan fingerprint density at radius 1 is 1.35 bits per heavy atom. The van der Waals surface area contributed by atoms with E-state index in [1.54, 1.807) is 0 Å². The molecule has 0 aliphatic carbocycles. The first-order chi connectivity index (χ1) is 7.64. The van der Waals surface area contributed by atoms with Crippen molar-refractivity contribution in [2.45, 2.75) is 31.5 Å². The minimum absolute atomic E-state index is 0.467. The Morgan fingerprint density at radius 3 is 2.41 bits per heavy atom. The number of pyridine rings is 1.